The predicted molar refractivity (Wildman–Crippen MR) is 133 cm³/mol. The van der Waals surface area contributed by atoms with E-state index in [2.05, 4.69) is 11.8 Å². The van der Waals surface area contributed by atoms with Gasteiger partial charge in [0, 0.05) is 32.6 Å². The number of benzene rings is 1. The van der Waals surface area contributed by atoms with Gasteiger partial charge in [-0.25, -0.2) is 0 Å². The van der Waals surface area contributed by atoms with Crippen molar-refractivity contribution in [3.05, 3.63) is 22.8 Å². The summed E-state index contributed by atoms with van der Waals surface area (Å²) < 4.78 is 0. The van der Waals surface area contributed by atoms with Gasteiger partial charge in [-0.05, 0) is 50.4 Å². The van der Waals surface area contributed by atoms with Crippen LogP contribution in [-0.2, 0) is 30.4 Å². The first kappa shape index (κ1) is 27.2. The average molecular weight is 524 g/mol. The Morgan fingerprint density at radius 2 is 1.74 bits per heavy atom. The molecule has 0 aromatic heterocycles. The van der Waals surface area contributed by atoms with Crippen molar-refractivity contribution in [2.75, 3.05) is 33.1 Å². The molecule has 6 unspecified atom stereocenters. The van der Waals surface area contributed by atoms with Crippen LogP contribution in [0.15, 0.2) is 6.07 Å². The summed E-state index contributed by atoms with van der Waals surface area (Å²) in [5.41, 5.74) is 3.37. The lowest BCUT2D eigenvalue weighted by Gasteiger charge is -2.52. The highest BCUT2D eigenvalue weighted by molar-refractivity contribution is 6.32. The van der Waals surface area contributed by atoms with Crippen molar-refractivity contribution < 1.29 is 39.0 Å². The molecule has 200 valence electrons. The first-order valence-electron chi connectivity index (χ1n) is 12.1. The molecule has 6 atom stereocenters. The summed E-state index contributed by atoms with van der Waals surface area (Å²) in [5.74, 6) is -6.82. The standard InChI is InChI=1S/C27H29N3O8/c1-11(31)6-7-12-10-16(29(2)3)14-8-13-9-15-20(30(4)5)23(34)19(26(28)37)25(36)27(15,38)24(35)17(13)22(33)18(14)21(12)32/h10,13,15,17,19-20,32,38H,8-9H2,1-5H3,(H2,28,37). The molecule has 1 aromatic carbocycles. The lowest BCUT2D eigenvalue weighted by Crippen LogP contribution is -2.74. The van der Waals surface area contributed by atoms with Crippen molar-refractivity contribution in [3.8, 4) is 17.6 Å². The topological polar surface area (TPSA) is 175 Å². The third kappa shape index (κ3) is 3.75. The number of rotatable bonds is 3. The molecule has 3 aliphatic rings. The van der Waals surface area contributed by atoms with Gasteiger partial charge in [-0.2, -0.15) is 0 Å². The normalized spacial score (nSPS) is 30.1. The molecule has 11 nitrogen and oxygen atoms in total. The van der Waals surface area contributed by atoms with E-state index >= 15 is 0 Å². The number of carbonyl (C=O) groups is 6. The number of phenolic OH excluding ortho intramolecular Hbond substituents is 1. The molecular formula is C27H29N3O8. The van der Waals surface area contributed by atoms with E-state index < -0.39 is 75.9 Å². The number of fused-ring (bicyclic) bond motifs is 3. The van der Waals surface area contributed by atoms with Crippen LogP contribution < -0.4 is 10.6 Å². The first-order valence-corrected chi connectivity index (χ1v) is 12.1. The second kappa shape index (κ2) is 9.15. The third-order valence-corrected chi connectivity index (χ3v) is 7.89. The molecule has 0 radical (unpaired) electrons. The number of hydrogen-bond donors (Lipinski definition) is 3. The van der Waals surface area contributed by atoms with Crippen molar-refractivity contribution in [3.63, 3.8) is 0 Å². The van der Waals surface area contributed by atoms with Crippen molar-refractivity contribution >= 4 is 40.5 Å². The van der Waals surface area contributed by atoms with E-state index in [1.54, 1.807) is 25.1 Å². The number of Topliss-reactive ketones (excluding diaryl/α,β-unsaturated/α-hetero) is 5. The fourth-order valence-corrected chi connectivity index (χ4v) is 6.30. The Morgan fingerprint density at radius 1 is 1.11 bits per heavy atom. The zero-order valence-corrected chi connectivity index (χ0v) is 21.7. The maximum absolute atomic E-state index is 13.9. The molecule has 0 heterocycles. The molecule has 11 heteroatoms. The van der Waals surface area contributed by atoms with Crippen LogP contribution in [0, 0.1) is 35.5 Å². The largest absolute Gasteiger partial charge is 0.506 e. The van der Waals surface area contributed by atoms with Gasteiger partial charge in [0.15, 0.2) is 34.7 Å². The number of amides is 1. The number of nitrogens with zero attached hydrogens (tertiary/aromatic N) is 2. The zero-order valence-electron chi connectivity index (χ0n) is 21.7. The molecule has 0 spiro atoms. The van der Waals surface area contributed by atoms with Gasteiger partial charge in [0.2, 0.25) is 11.7 Å². The summed E-state index contributed by atoms with van der Waals surface area (Å²) >= 11 is 0. The predicted octanol–water partition coefficient (Wildman–Crippen LogP) is -1.13. The maximum atomic E-state index is 13.9. The Balaban J connectivity index is 1.92. The molecule has 2 fully saturated rings. The number of phenols is 1. The molecule has 3 aliphatic carbocycles. The number of nitrogens with two attached hydrogens (primary N) is 1. The number of hydrogen-bond acceptors (Lipinski definition) is 10. The van der Waals surface area contributed by atoms with Crippen LogP contribution in [0.25, 0.3) is 0 Å². The van der Waals surface area contributed by atoms with E-state index in [1.807, 2.05) is 0 Å². The van der Waals surface area contributed by atoms with Crippen molar-refractivity contribution in [2.45, 2.75) is 31.4 Å². The fourth-order valence-electron chi connectivity index (χ4n) is 6.30. The summed E-state index contributed by atoms with van der Waals surface area (Å²) in [7, 11) is 6.50. The van der Waals surface area contributed by atoms with Gasteiger partial charge in [0.25, 0.3) is 0 Å². The molecule has 0 aliphatic heterocycles. The number of carbonyl (C=O) groups excluding carboxylic acids is 6. The minimum absolute atomic E-state index is 0.00935. The highest BCUT2D eigenvalue weighted by Gasteiger charge is 2.69. The molecule has 0 saturated heterocycles. The van der Waals surface area contributed by atoms with Gasteiger partial charge in [-0.15, -0.1) is 0 Å². The van der Waals surface area contributed by atoms with E-state index in [0.717, 1.165) is 0 Å². The van der Waals surface area contributed by atoms with Crippen LogP contribution in [0.2, 0.25) is 0 Å². The van der Waals surface area contributed by atoms with Gasteiger partial charge in [0.05, 0.1) is 23.1 Å². The quantitative estimate of drug-likeness (QED) is 0.325. The van der Waals surface area contributed by atoms with E-state index in [0.29, 0.717) is 11.3 Å². The summed E-state index contributed by atoms with van der Waals surface area (Å²) in [4.78, 5) is 80.8. The average Bonchev–Trinajstić information content (AvgIpc) is 2.80. The number of ketones is 5. The van der Waals surface area contributed by atoms with Crippen LogP contribution in [0.4, 0.5) is 5.69 Å². The van der Waals surface area contributed by atoms with Crippen molar-refractivity contribution in [1.82, 2.24) is 4.90 Å². The Labute approximate surface area is 218 Å². The van der Waals surface area contributed by atoms with Gasteiger partial charge in [-0.3, -0.25) is 33.7 Å². The third-order valence-electron chi connectivity index (χ3n) is 7.89. The second-order valence-electron chi connectivity index (χ2n) is 10.6. The monoisotopic (exact) mass is 523 g/mol. The molecular weight excluding hydrogens is 494 g/mol. The smallest absolute Gasteiger partial charge is 0.235 e. The van der Waals surface area contributed by atoms with E-state index in [4.69, 9.17) is 5.73 Å². The number of anilines is 1. The molecule has 0 bridgehead atoms. The minimum atomic E-state index is -2.79. The number of primary amides is 1. The lowest BCUT2D eigenvalue weighted by atomic mass is 9.52. The van der Waals surface area contributed by atoms with Crippen LogP contribution in [0.5, 0.6) is 5.75 Å². The Bertz CT molecular complexity index is 1380. The molecule has 1 amide bonds. The van der Waals surface area contributed by atoms with E-state index in [-0.39, 0.29) is 24.0 Å². The van der Waals surface area contributed by atoms with Gasteiger partial charge >= 0.3 is 0 Å². The molecule has 2 saturated carbocycles. The Kier molecular flexibility index (Phi) is 6.54. The van der Waals surface area contributed by atoms with Crippen molar-refractivity contribution in [1.29, 1.82) is 0 Å². The van der Waals surface area contributed by atoms with Crippen LogP contribution in [-0.4, -0.2) is 89.8 Å². The van der Waals surface area contributed by atoms with Crippen LogP contribution in [0.1, 0.15) is 34.8 Å². The molecule has 1 aromatic rings. The van der Waals surface area contributed by atoms with Gasteiger partial charge in [0.1, 0.15) is 5.75 Å². The molecule has 38 heavy (non-hydrogen) atoms. The summed E-state index contributed by atoms with van der Waals surface area (Å²) in [5, 5.41) is 22.6. The van der Waals surface area contributed by atoms with E-state index in [1.165, 1.54) is 25.9 Å². The van der Waals surface area contributed by atoms with Crippen LogP contribution in [0.3, 0.4) is 0 Å². The van der Waals surface area contributed by atoms with E-state index in [9.17, 15) is 39.0 Å². The summed E-state index contributed by atoms with van der Waals surface area (Å²) in [6.45, 7) is 1.25. The lowest BCUT2D eigenvalue weighted by molar-refractivity contribution is -0.181. The highest BCUT2D eigenvalue weighted by atomic mass is 16.3. The fraction of sp³-hybridized carbons (Fsp3) is 0.481. The zero-order chi connectivity index (χ0) is 28.4. The molecule has 4 rings (SSSR count). The van der Waals surface area contributed by atoms with Crippen LogP contribution >= 0.6 is 0 Å². The SMILES string of the molecule is CC(=O)C#Cc1cc(N(C)C)c2c(c1O)C(=O)C1C(=O)C3(O)C(=O)C(C(N)=O)C(=O)C(N(C)C)C3CC1C2. The Hall–Kier alpha value is -3.88. The number of aromatic hydroxyl groups is 1. The van der Waals surface area contributed by atoms with Gasteiger partial charge in [-0.1, -0.05) is 5.92 Å². The maximum Gasteiger partial charge on any atom is 0.235 e. The van der Waals surface area contributed by atoms with Crippen molar-refractivity contribution in [2.24, 2.45) is 29.4 Å². The second-order valence-corrected chi connectivity index (χ2v) is 10.6. The highest BCUT2D eigenvalue weighted by Crippen LogP contribution is 2.52. The molecule has 4 N–H and O–H groups in total. The first-order chi connectivity index (χ1) is 17.6. The Morgan fingerprint density at radius 3 is 2.26 bits per heavy atom. The minimum Gasteiger partial charge on any atom is -0.506 e. The number of aliphatic hydroxyl groups is 1. The number of likely N-dealkylation sites (N-methyl/N-ethyl adjacent to an activating group) is 1. The summed E-state index contributed by atoms with van der Waals surface area (Å²) in [6, 6.07) is 0.384. The van der Waals surface area contributed by atoms with Gasteiger partial charge < -0.3 is 20.8 Å². The summed E-state index contributed by atoms with van der Waals surface area (Å²) in [6.07, 6.45) is 0.0940.